The fourth-order valence-corrected chi connectivity index (χ4v) is 1.93. The molecule has 1 heterocycles. The molecule has 0 aliphatic rings. The molecule has 1 aromatic heterocycles. The van der Waals surface area contributed by atoms with Crippen molar-refractivity contribution in [2.75, 3.05) is 6.61 Å². The summed E-state index contributed by atoms with van der Waals surface area (Å²) in [6.07, 6.45) is 6.21. The maximum absolute atomic E-state index is 11.8. The fourth-order valence-electron chi connectivity index (χ4n) is 1.93. The molecule has 0 amide bonds. The van der Waals surface area contributed by atoms with Gasteiger partial charge in [-0.25, -0.2) is 9.97 Å². The normalized spacial score (nSPS) is 11.8. The Morgan fingerprint density at radius 3 is 2.33 bits per heavy atom. The lowest BCUT2D eigenvalue weighted by Crippen LogP contribution is -2.16. The molecule has 0 radical (unpaired) electrons. The predicted octanol–water partition coefficient (Wildman–Crippen LogP) is 4.27. The van der Waals surface area contributed by atoms with Crippen molar-refractivity contribution in [1.82, 2.24) is 9.97 Å². The zero-order chi connectivity index (χ0) is 17.4. The Bertz CT molecular complexity index is 639. The van der Waals surface area contributed by atoms with Crippen LogP contribution < -0.4 is 9.47 Å². The van der Waals surface area contributed by atoms with E-state index >= 15 is 0 Å². The van der Waals surface area contributed by atoms with Crippen molar-refractivity contribution in [2.45, 2.75) is 40.0 Å². The molecule has 0 fully saturated rings. The molecule has 5 nitrogen and oxygen atoms in total. The molecule has 0 aliphatic heterocycles. The smallest absolute Gasteiger partial charge is 0.314 e. The Morgan fingerprint density at radius 1 is 1.08 bits per heavy atom. The van der Waals surface area contributed by atoms with Crippen LogP contribution in [0.4, 0.5) is 0 Å². The lowest BCUT2D eigenvalue weighted by molar-refractivity contribution is -0.138. The highest BCUT2D eigenvalue weighted by atomic mass is 16.5. The van der Waals surface area contributed by atoms with Crippen molar-refractivity contribution in [1.29, 1.82) is 0 Å². The Kier molecular flexibility index (Phi) is 6.73. The van der Waals surface area contributed by atoms with Crippen LogP contribution in [0.5, 0.6) is 11.5 Å². The molecule has 24 heavy (non-hydrogen) atoms. The molecule has 0 bridgehead atoms. The van der Waals surface area contributed by atoms with E-state index in [1.165, 1.54) is 0 Å². The van der Waals surface area contributed by atoms with Crippen molar-refractivity contribution in [3.63, 3.8) is 0 Å². The Morgan fingerprint density at radius 2 is 1.75 bits per heavy atom. The van der Waals surface area contributed by atoms with E-state index < -0.39 is 0 Å². The number of benzene rings is 1. The molecule has 1 unspecified atom stereocenters. The van der Waals surface area contributed by atoms with Gasteiger partial charge in [0.1, 0.15) is 5.75 Å². The first-order valence-corrected chi connectivity index (χ1v) is 8.41. The number of ether oxygens (including phenoxy) is 2. The number of esters is 1. The molecule has 2 rings (SSSR count). The number of unbranched alkanes of at least 4 members (excludes halogenated alkanes) is 1. The van der Waals surface area contributed by atoms with Gasteiger partial charge in [-0.15, -0.1) is 0 Å². The standard InChI is InChI=1S/C19H24N2O3/c1-4-6-11-23-17-12-20-18(21-13-17)15-7-9-16(10-8-15)24-19(22)14(3)5-2/h7-10,12-14H,4-6,11H2,1-3H3. The van der Waals surface area contributed by atoms with Crippen LogP contribution in [0.25, 0.3) is 11.4 Å². The summed E-state index contributed by atoms with van der Waals surface area (Å²) in [4.78, 5) is 20.4. The van der Waals surface area contributed by atoms with Crippen LogP contribution in [0.3, 0.4) is 0 Å². The summed E-state index contributed by atoms with van der Waals surface area (Å²) >= 11 is 0. The predicted molar refractivity (Wildman–Crippen MR) is 93.0 cm³/mol. The third-order valence-electron chi connectivity index (χ3n) is 3.74. The van der Waals surface area contributed by atoms with E-state index in [2.05, 4.69) is 16.9 Å². The highest BCUT2D eigenvalue weighted by molar-refractivity contribution is 5.74. The van der Waals surface area contributed by atoms with Crippen molar-refractivity contribution in [3.05, 3.63) is 36.7 Å². The summed E-state index contributed by atoms with van der Waals surface area (Å²) in [5.74, 6) is 1.50. The number of nitrogens with zero attached hydrogens (tertiary/aromatic N) is 2. The molecule has 128 valence electrons. The van der Waals surface area contributed by atoms with Crippen LogP contribution in [0, 0.1) is 5.92 Å². The van der Waals surface area contributed by atoms with Gasteiger partial charge in [0, 0.05) is 5.56 Å². The summed E-state index contributed by atoms with van der Waals surface area (Å²) in [5, 5.41) is 0. The second-order valence-electron chi connectivity index (χ2n) is 5.70. The van der Waals surface area contributed by atoms with Crippen molar-refractivity contribution in [3.8, 4) is 22.9 Å². The monoisotopic (exact) mass is 328 g/mol. The molecule has 2 aromatic rings. The SMILES string of the molecule is CCCCOc1cnc(-c2ccc(OC(=O)C(C)CC)cc2)nc1. The average Bonchev–Trinajstić information content (AvgIpc) is 2.62. The van der Waals surface area contributed by atoms with Crippen LogP contribution in [-0.2, 0) is 4.79 Å². The molecule has 1 aromatic carbocycles. The highest BCUT2D eigenvalue weighted by Gasteiger charge is 2.13. The van der Waals surface area contributed by atoms with E-state index in [0.29, 0.717) is 23.9 Å². The van der Waals surface area contributed by atoms with E-state index in [4.69, 9.17) is 9.47 Å². The molecular weight excluding hydrogens is 304 g/mol. The van der Waals surface area contributed by atoms with Crippen LogP contribution in [0.2, 0.25) is 0 Å². The summed E-state index contributed by atoms with van der Waals surface area (Å²) in [6, 6.07) is 7.19. The van der Waals surface area contributed by atoms with E-state index in [9.17, 15) is 4.79 Å². The highest BCUT2D eigenvalue weighted by Crippen LogP contribution is 2.21. The van der Waals surface area contributed by atoms with Gasteiger partial charge in [-0.3, -0.25) is 4.79 Å². The second kappa shape index (κ2) is 9.01. The van der Waals surface area contributed by atoms with Gasteiger partial charge in [0.05, 0.1) is 24.9 Å². The fraction of sp³-hybridized carbons (Fsp3) is 0.421. The van der Waals surface area contributed by atoms with Gasteiger partial charge in [-0.05, 0) is 37.1 Å². The molecule has 0 spiro atoms. The van der Waals surface area contributed by atoms with E-state index in [1.54, 1.807) is 24.5 Å². The minimum atomic E-state index is -0.213. The Labute approximate surface area is 143 Å². The van der Waals surface area contributed by atoms with Crippen LogP contribution in [0.15, 0.2) is 36.7 Å². The van der Waals surface area contributed by atoms with Gasteiger partial charge in [-0.2, -0.15) is 0 Å². The Balaban J connectivity index is 1.98. The second-order valence-corrected chi connectivity index (χ2v) is 5.70. The maximum Gasteiger partial charge on any atom is 0.314 e. The Hall–Kier alpha value is -2.43. The summed E-state index contributed by atoms with van der Waals surface area (Å²) in [5.41, 5.74) is 0.860. The van der Waals surface area contributed by atoms with E-state index in [0.717, 1.165) is 24.8 Å². The van der Waals surface area contributed by atoms with Gasteiger partial charge >= 0.3 is 5.97 Å². The first kappa shape index (κ1) is 17.9. The number of hydrogen-bond acceptors (Lipinski definition) is 5. The van der Waals surface area contributed by atoms with Gasteiger partial charge in [0.15, 0.2) is 11.6 Å². The third-order valence-corrected chi connectivity index (χ3v) is 3.74. The van der Waals surface area contributed by atoms with Gasteiger partial charge in [0.2, 0.25) is 0 Å². The summed E-state index contributed by atoms with van der Waals surface area (Å²) in [7, 11) is 0. The van der Waals surface area contributed by atoms with E-state index in [1.807, 2.05) is 26.0 Å². The molecular formula is C19H24N2O3. The molecule has 0 saturated heterocycles. The average molecular weight is 328 g/mol. The van der Waals surface area contributed by atoms with Gasteiger partial charge in [0.25, 0.3) is 0 Å². The third kappa shape index (κ3) is 5.05. The minimum Gasteiger partial charge on any atom is -0.490 e. The zero-order valence-electron chi connectivity index (χ0n) is 14.5. The number of carbonyl (C=O) groups excluding carboxylic acids is 1. The van der Waals surface area contributed by atoms with Crippen molar-refractivity contribution < 1.29 is 14.3 Å². The molecule has 0 aliphatic carbocycles. The largest absolute Gasteiger partial charge is 0.490 e. The summed E-state index contributed by atoms with van der Waals surface area (Å²) < 4.78 is 10.9. The zero-order valence-corrected chi connectivity index (χ0v) is 14.5. The van der Waals surface area contributed by atoms with Gasteiger partial charge < -0.3 is 9.47 Å². The van der Waals surface area contributed by atoms with Crippen LogP contribution in [-0.4, -0.2) is 22.5 Å². The minimum absolute atomic E-state index is 0.103. The summed E-state index contributed by atoms with van der Waals surface area (Å²) in [6.45, 7) is 6.61. The lowest BCUT2D eigenvalue weighted by atomic mass is 10.1. The number of hydrogen-bond donors (Lipinski definition) is 0. The van der Waals surface area contributed by atoms with Crippen LogP contribution in [0.1, 0.15) is 40.0 Å². The number of aromatic nitrogens is 2. The number of carbonyl (C=O) groups is 1. The molecule has 0 N–H and O–H groups in total. The topological polar surface area (TPSA) is 61.3 Å². The van der Waals surface area contributed by atoms with Crippen molar-refractivity contribution in [2.24, 2.45) is 5.92 Å². The molecule has 1 atom stereocenters. The molecule has 0 saturated carbocycles. The first-order chi connectivity index (χ1) is 11.6. The first-order valence-electron chi connectivity index (χ1n) is 8.41. The quantitative estimate of drug-likeness (QED) is 0.411. The lowest BCUT2D eigenvalue weighted by Gasteiger charge is -2.09. The van der Waals surface area contributed by atoms with E-state index in [-0.39, 0.29) is 11.9 Å². The van der Waals surface area contributed by atoms with Gasteiger partial charge in [-0.1, -0.05) is 27.2 Å². The number of rotatable bonds is 8. The maximum atomic E-state index is 11.8. The van der Waals surface area contributed by atoms with Crippen LogP contribution >= 0.6 is 0 Å². The molecule has 5 heteroatoms. The van der Waals surface area contributed by atoms with Crippen molar-refractivity contribution >= 4 is 5.97 Å².